The lowest BCUT2D eigenvalue weighted by atomic mass is 10.2. The van der Waals surface area contributed by atoms with Crippen LogP contribution >= 0.6 is 0 Å². The number of nitrogens with two attached hydrogens (primary N) is 2. The van der Waals surface area contributed by atoms with Crippen molar-refractivity contribution < 1.29 is 16.8 Å². The number of hydrogen-bond donors (Lipinski definition) is 3. The molecule has 0 aromatic heterocycles. The van der Waals surface area contributed by atoms with Gasteiger partial charge in [0.25, 0.3) is 10.2 Å². The zero-order valence-corrected chi connectivity index (χ0v) is 9.97. The summed E-state index contributed by atoms with van der Waals surface area (Å²) in [7, 11) is -7.83. The van der Waals surface area contributed by atoms with E-state index in [2.05, 4.69) is 0 Å². The van der Waals surface area contributed by atoms with Gasteiger partial charge in [0, 0.05) is 0 Å². The molecule has 0 atom stereocenters. The van der Waals surface area contributed by atoms with Crippen LogP contribution in [0.2, 0.25) is 0 Å². The van der Waals surface area contributed by atoms with Gasteiger partial charge in [0.05, 0.1) is 10.6 Å². The minimum absolute atomic E-state index is 0.0390. The highest BCUT2D eigenvalue weighted by Gasteiger charge is 2.13. The number of anilines is 1. The second-order valence-corrected chi connectivity index (χ2v) is 6.00. The molecule has 0 aliphatic heterocycles. The Morgan fingerprint density at radius 1 is 1.12 bits per heavy atom. The minimum atomic E-state index is -3.94. The molecule has 5 N–H and O–H groups in total. The molecule has 0 radical (unpaired) electrons. The summed E-state index contributed by atoms with van der Waals surface area (Å²) in [6, 6.07) is 3.91. The summed E-state index contributed by atoms with van der Waals surface area (Å²) in [6.45, 7) is 1.54. The molecule has 1 rings (SSSR count). The zero-order valence-electron chi connectivity index (χ0n) is 8.34. The number of primary sulfonamides is 1. The molecule has 0 aliphatic carbocycles. The first-order chi connectivity index (χ1) is 7.09. The molecule has 16 heavy (non-hydrogen) atoms. The van der Waals surface area contributed by atoms with Crippen LogP contribution in [0.3, 0.4) is 0 Å². The number of benzene rings is 1. The van der Waals surface area contributed by atoms with Crippen molar-refractivity contribution in [3.63, 3.8) is 0 Å². The van der Waals surface area contributed by atoms with Crippen LogP contribution in [0.5, 0.6) is 0 Å². The van der Waals surface area contributed by atoms with Gasteiger partial charge < -0.3 is 0 Å². The Bertz CT molecular complexity index is 607. The van der Waals surface area contributed by atoms with E-state index in [4.69, 9.17) is 10.3 Å². The topological polar surface area (TPSA) is 132 Å². The number of aryl methyl sites for hydroxylation is 1. The molecule has 1 aromatic carbocycles. The van der Waals surface area contributed by atoms with Gasteiger partial charge in [0.15, 0.2) is 0 Å². The van der Waals surface area contributed by atoms with Crippen LogP contribution < -0.4 is 15.0 Å². The predicted molar refractivity (Wildman–Crippen MR) is 59.3 cm³/mol. The molecule has 7 nitrogen and oxygen atoms in total. The molecule has 0 saturated carbocycles. The maximum absolute atomic E-state index is 11.1. The van der Waals surface area contributed by atoms with Gasteiger partial charge in [-0.1, -0.05) is 6.07 Å². The Morgan fingerprint density at radius 2 is 1.69 bits per heavy atom. The Hall–Kier alpha value is -1.16. The molecule has 0 unspecified atom stereocenters. The highest BCUT2D eigenvalue weighted by Crippen LogP contribution is 2.19. The van der Waals surface area contributed by atoms with Gasteiger partial charge in [-0.25, -0.2) is 18.7 Å². The Labute approximate surface area is 93.7 Å². The molecule has 0 aliphatic rings. The molecule has 0 spiro atoms. The quantitative estimate of drug-likeness (QED) is 0.663. The summed E-state index contributed by atoms with van der Waals surface area (Å²) in [5.74, 6) is 0. The molecular formula is C7H11N3O4S2. The maximum atomic E-state index is 11.1. The summed E-state index contributed by atoms with van der Waals surface area (Å²) in [5.41, 5.74) is 0.458. The second-order valence-electron chi connectivity index (χ2n) is 3.17. The molecule has 90 valence electrons. The SMILES string of the molecule is Cc1ccc(NS(N)(=O)=O)cc1S(N)(=O)=O. The number of sulfonamides is 1. The summed E-state index contributed by atoms with van der Waals surface area (Å²) in [4.78, 5) is -0.152. The van der Waals surface area contributed by atoms with Gasteiger partial charge in [0.2, 0.25) is 10.0 Å². The van der Waals surface area contributed by atoms with Gasteiger partial charge in [-0.05, 0) is 24.6 Å². The van der Waals surface area contributed by atoms with E-state index in [-0.39, 0.29) is 10.6 Å². The lowest BCUT2D eigenvalue weighted by Crippen LogP contribution is -2.22. The van der Waals surface area contributed by atoms with Gasteiger partial charge in [-0.2, -0.15) is 8.42 Å². The molecule has 1 aromatic rings. The Morgan fingerprint density at radius 3 is 2.12 bits per heavy atom. The maximum Gasteiger partial charge on any atom is 0.296 e. The first-order valence-electron chi connectivity index (χ1n) is 4.03. The van der Waals surface area contributed by atoms with Gasteiger partial charge in [0.1, 0.15) is 0 Å². The predicted octanol–water partition coefficient (Wildman–Crippen LogP) is -0.742. The van der Waals surface area contributed by atoms with Crippen molar-refractivity contribution in [1.29, 1.82) is 0 Å². The van der Waals surface area contributed by atoms with Crippen molar-refractivity contribution in [1.82, 2.24) is 0 Å². The summed E-state index contributed by atoms with van der Waals surface area (Å²) in [5, 5.41) is 9.70. The van der Waals surface area contributed by atoms with Crippen LogP contribution in [0, 0.1) is 6.92 Å². The standard InChI is InChI=1S/C7H11N3O4S2/c1-5-2-3-6(10-16(9,13)14)4-7(5)15(8,11)12/h2-4,10H,1H3,(H2,8,11,12)(H2,9,13,14). The van der Waals surface area contributed by atoms with Crippen LogP contribution in [0.15, 0.2) is 23.1 Å². The smallest absolute Gasteiger partial charge is 0.271 e. The molecule has 0 fully saturated rings. The third kappa shape index (κ3) is 3.45. The third-order valence-corrected chi connectivity index (χ3v) is 3.33. The monoisotopic (exact) mass is 265 g/mol. The average molecular weight is 265 g/mol. The van der Waals surface area contributed by atoms with Crippen molar-refractivity contribution in [3.8, 4) is 0 Å². The molecule has 9 heteroatoms. The van der Waals surface area contributed by atoms with Crippen molar-refractivity contribution >= 4 is 25.9 Å². The van der Waals surface area contributed by atoms with Crippen LogP contribution in [0.25, 0.3) is 0 Å². The van der Waals surface area contributed by atoms with Crippen molar-refractivity contribution in [3.05, 3.63) is 23.8 Å². The summed E-state index contributed by atoms with van der Waals surface area (Å²) < 4.78 is 45.7. The van der Waals surface area contributed by atoms with E-state index in [9.17, 15) is 16.8 Å². The number of hydrogen-bond acceptors (Lipinski definition) is 4. The van der Waals surface area contributed by atoms with Crippen LogP contribution in [0.1, 0.15) is 5.56 Å². The van der Waals surface area contributed by atoms with Gasteiger partial charge in [-0.15, -0.1) is 0 Å². The van der Waals surface area contributed by atoms with Gasteiger partial charge in [-0.3, -0.25) is 4.72 Å². The molecule has 0 bridgehead atoms. The van der Waals surface area contributed by atoms with Crippen molar-refractivity contribution in [2.75, 3.05) is 4.72 Å². The first-order valence-corrected chi connectivity index (χ1v) is 7.13. The molecule has 0 saturated heterocycles. The lowest BCUT2D eigenvalue weighted by molar-refractivity contribution is 0.596. The van der Waals surface area contributed by atoms with Crippen molar-refractivity contribution in [2.45, 2.75) is 11.8 Å². The summed E-state index contributed by atoms with van der Waals surface area (Å²) in [6.07, 6.45) is 0. The number of rotatable bonds is 3. The number of nitrogens with one attached hydrogen (secondary N) is 1. The molecule has 0 heterocycles. The highest BCUT2D eigenvalue weighted by molar-refractivity contribution is 7.90. The fraction of sp³-hybridized carbons (Fsp3) is 0.143. The lowest BCUT2D eigenvalue weighted by Gasteiger charge is -2.07. The molecule has 0 amide bonds. The Balaban J connectivity index is 3.29. The normalized spacial score (nSPS) is 12.4. The van der Waals surface area contributed by atoms with Crippen LogP contribution in [-0.2, 0) is 20.2 Å². The minimum Gasteiger partial charge on any atom is -0.271 e. The third-order valence-electron chi connectivity index (χ3n) is 1.75. The molecular weight excluding hydrogens is 254 g/mol. The fourth-order valence-corrected chi connectivity index (χ4v) is 2.40. The first kappa shape index (κ1) is 12.9. The van der Waals surface area contributed by atoms with Gasteiger partial charge >= 0.3 is 0 Å². The van der Waals surface area contributed by atoms with E-state index >= 15 is 0 Å². The van der Waals surface area contributed by atoms with E-state index < -0.39 is 20.2 Å². The van der Waals surface area contributed by atoms with E-state index in [0.717, 1.165) is 6.07 Å². The van der Waals surface area contributed by atoms with E-state index in [1.54, 1.807) is 6.92 Å². The fourth-order valence-electron chi connectivity index (χ4n) is 1.13. The average Bonchev–Trinajstić information content (AvgIpc) is 2.04. The highest BCUT2D eigenvalue weighted by atomic mass is 32.2. The van der Waals surface area contributed by atoms with Crippen LogP contribution in [-0.4, -0.2) is 16.8 Å². The Kier molecular flexibility index (Phi) is 3.24. The van der Waals surface area contributed by atoms with Crippen molar-refractivity contribution in [2.24, 2.45) is 10.3 Å². The summed E-state index contributed by atoms with van der Waals surface area (Å²) >= 11 is 0. The van der Waals surface area contributed by atoms with E-state index in [0.29, 0.717) is 5.56 Å². The van der Waals surface area contributed by atoms with Crippen LogP contribution in [0.4, 0.5) is 5.69 Å². The van der Waals surface area contributed by atoms with E-state index in [1.165, 1.54) is 12.1 Å². The van der Waals surface area contributed by atoms with E-state index in [1.807, 2.05) is 4.72 Å². The zero-order chi connectivity index (χ0) is 12.6. The second kappa shape index (κ2) is 4.01. The largest absolute Gasteiger partial charge is 0.296 e.